The Kier molecular flexibility index (Phi) is 3.20. The monoisotopic (exact) mass is 127 g/mol. The molecule has 30 valence electrons. The molecule has 0 radical (unpaired) electrons. The predicted octanol–water partition coefficient (Wildman–Crippen LogP) is 0.189. The van der Waals surface area contributed by atoms with Crippen molar-refractivity contribution in [3.63, 3.8) is 0 Å². The minimum Gasteiger partial charge on any atom is -0.765 e. The number of hydrogen-bond acceptors (Lipinski definition) is 3. The smallest absolute Gasteiger partial charge is 0.0617 e. The molecule has 0 saturated heterocycles. The first-order valence-corrected chi connectivity index (χ1v) is 4.29. The number of rotatable bonds is 1. The van der Waals surface area contributed by atoms with Crippen LogP contribution in [-0.4, -0.2) is 8.76 Å². The van der Waals surface area contributed by atoms with Crippen molar-refractivity contribution < 1.29 is 8.76 Å². The Morgan fingerprint density at radius 3 is 2.20 bits per heavy atom. The molecule has 1 atom stereocenters. The summed E-state index contributed by atoms with van der Waals surface area (Å²) in [5.41, 5.74) is 0. The van der Waals surface area contributed by atoms with Crippen molar-refractivity contribution in [2.45, 2.75) is 0 Å². The van der Waals surface area contributed by atoms with Gasteiger partial charge >= 0.3 is 0 Å². The third-order valence-electron chi connectivity index (χ3n) is 0.0609. The van der Waals surface area contributed by atoms with Gasteiger partial charge < -0.3 is 4.55 Å². The maximum Gasteiger partial charge on any atom is 0.0617 e. The van der Waals surface area contributed by atoms with Gasteiger partial charge in [0.2, 0.25) is 0 Å². The molecule has 0 aromatic rings. The van der Waals surface area contributed by atoms with Crippen LogP contribution in [0.5, 0.6) is 0 Å². The molecule has 0 saturated carbocycles. The highest BCUT2D eigenvalue weighted by molar-refractivity contribution is 8.47. The summed E-state index contributed by atoms with van der Waals surface area (Å²) in [7, 11) is -2.04. The molecular formula is O2PS2-. The Morgan fingerprint density at radius 1 is 2.00 bits per heavy atom. The van der Waals surface area contributed by atoms with Crippen LogP contribution in [0.15, 0.2) is 0 Å². The lowest BCUT2D eigenvalue weighted by molar-refractivity contribution is 0.553. The second-order valence-corrected chi connectivity index (χ2v) is 3.56. The topological polar surface area (TPSA) is 40.1 Å². The molecule has 0 aliphatic rings. The van der Waals surface area contributed by atoms with Crippen LogP contribution in [0.2, 0.25) is 0 Å². The Hall–Kier alpha value is 0.630. The molecule has 0 bridgehead atoms. The average molecular weight is 127 g/mol. The summed E-state index contributed by atoms with van der Waals surface area (Å²) in [6, 6.07) is 0. The Morgan fingerprint density at radius 2 is 2.20 bits per heavy atom. The first-order chi connectivity index (χ1) is 2.27. The van der Waals surface area contributed by atoms with Crippen LogP contribution in [0.4, 0.5) is 0 Å². The largest absolute Gasteiger partial charge is 0.765 e. The highest BCUT2D eigenvalue weighted by atomic mass is 32.9. The van der Waals surface area contributed by atoms with Crippen LogP contribution in [0, 0.1) is 0 Å². The van der Waals surface area contributed by atoms with Crippen molar-refractivity contribution in [2.24, 2.45) is 0 Å². The van der Waals surface area contributed by atoms with Crippen molar-refractivity contribution in [1.29, 1.82) is 0 Å². The van der Waals surface area contributed by atoms with Gasteiger partial charge in [-0.1, -0.05) is 0 Å². The second kappa shape index (κ2) is 2.85. The zero-order chi connectivity index (χ0) is 4.28. The summed E-state index contributed by atoms with van der Waals surface area (Å²) in [5.74, 6) is 0. The minimum absolute atomic E-state index is 0.00309. The third-order valence-corrected chi connectivity index (χ3v) is 1.64. The molecule has 0 aromatic heterocycles. The third kappa shape index (κ3) is 4.63. The summed E-state index contributed by atoms with van der Waals surface area (Å²) >= 11 is 4.04. The predicted molar refractivity (Wildman–Crippen MR) is 23.2 cm³/mol. The fourth-order valence-corrected chi connectivity index (χ4v) is 0. The van der Waals surface area contributed by atoms with Crippen molar-refractivity contribution in [2.75, 3.05) is 0 Å². The Labute approximate surface area is 38.5 Å². The maximum absolute atomic E-state index is 9.25. The molecule has 0 amide bonds. The molecule has 0 N–H and O–H groups in total. The van der Waals surface area contributed by atoms with Crippen molar-refractivity contribution in [3.05, 3.63) is 0 Å². The standard InChI is InChI=1S/HO2PS2/c1-5(2)3-4/h(H,1,2)/p-1. The van der Waals surface area contributed by atoms with E-state index in [1.807, 2.05) is 0 Å². The van der Waals surface area contributed by atoms with E-state index in [1.54, 1.807) is 0 Å². The SMILES string of the molecule is O=S([O-])P=S. The van der Waals surface area contributed by atoms with Gasteiger partial charge in [0, 0.05) is 10.7 Å². The lowest BCUT2D eigenvalue weighted by atomic mass is 15.9. The highest BCUT2D eigenvalue weighted by Gasteiger charge is 1.56. The van der Waals surface area contributed by atoms with Crippen molar-refractivity contribution in [3.8, 4) is 0 Å². The highest BCUT2D eigenvalue weighted by Crippen LogP contribution is 1.92. The fraction of sp³-hybridized carbons (Fsp3) is 0. The molecular weight excluding hydrogens is 127 g/mol. The molecule has 5 heteroatoms. The Balaban J connectivity index is 3.20. The molecule has 1 unspecified atom stereocenters. The normalized spacial score (nSPS) is 15.4. The van der Waals surface area contributed by atoms with E-state index in [2.05, 4.69) is 11.8 Å². The summed E-state index contributed by atoms with van der Waals surface area (Å²) < 4.78 is 18.5. The van der Waals surface area contributed by atoms with Gasteiger partial charge in [0.25, 0.3) is 0 Å². The summed E-state index contributed by atoms with van der Waals surface area (Å²) in [4.78, 5) is 0. The van der Waals surface area contributed by atoms with Gasteiger partial charge in [0.05, 0.1) is 6.56 Å². The van der Waals surface area contributed by atoms with E-state index in [1.165, 1.54) is 0 Å². The van der Waals surface area contributed by atoms with Gasteiger partial charge in [-0.2, -0.15) is 0 Å². The van der Waals surface area contributed by atoms with Crippen LogP contribution in [0.25, 0.3) is 0 Å². The zero-order valence-corrected chi connectivity index (χ0v) is 4.61. The lowest BCUT2D eigenvalue weighted by Crippen LogP contribution is -1.62. The van der Waals surface area contributed by atoms with E-state index < -0.39 is 10.7 Å². The van der Waals surface area contributed by atoms with Gasteiger partial charge in [-0.25, -0.2) is 0 Å². The zero-order valence-electron chi connectivity index (χ0n) is 2.08. The van der Waals surface area contributed by atoms with Crippen LogP contribution in [0.1, 0.15) is 0 Å². The lowest BCUT2D eigenvalue weighted by Gasteiger charge is -1.84. The molecule has 0 fully saturated rings. The molecule has 0 aromatic carbocycles. The van der Waals surface area contributed by atoms with Crippen molar-refractivity contribution >= 4 is 29.1 Å². The average Bonchev–Trinajstić information content (AvgIpc) is 1.38. The molecule has 0 aliphatic heterocycles. The maximum atomic E-state index is 9.25. The first kappa shape index (κ1) is 5.63. The summed E-state index contributed by atoms with van der Waals surface area (Å²) in [6.45, 7) is -0.00309. The fourth-order valence-electron chi connectivity index (χ4n) is 0. The van der Waals surface area contributed by atoms with E-state index >= 15 is 0 Å². The van der Waals surface area contributed by atoms with Gasteiger partial charge in [-0.3, -0.25) is 4.21 Å². The molecule has 5 heavy (non-hydrogen) atoms. The van der Waals surface area contributed by atoms with Crippen LogP contribution in [0.3, 0.4) is 0 Å². The summed E-state index contributed by atoms with van der Waals surface area (Å²) in [6.07, 6.45) is 0. The van der Waals surface area contributed by atoms with E-state index in [0.29, 0.717) is 0 Å². The van der Waals surface area contributed by atoms with Gasteiger partial charge in [0.1, 0.15) is 0 Å². The van der Waals surface area contributed by atoms with Gasteiger partial charge in [0.15, 0.2) is 0 Å². The molecule has 0 rings (SSSR count). The molecule has 2 nitrogen and oxygen atoms in total. The van der Waals surface area contributed by atoms with E-state index in [-0.39, 0.29) is 6.56 Å². The van der Waals surface area contributed by atoms with E-state index in [0.717, 1.165) is 0 Å². The van der Waals surface area contributed by atoms with Gasteiger partial charge in [-0.15, -0.1) is 0 Å². The Bertz CT molecular complexity index is 58.7. The second-order valence-electron chi connectivity index (χ2n) is 0.292. The van der Waals surface area contributed by atoms with Crippen LogP contribution >= 0.6 is 6.56 Å². The minimum atomic E-state index is -2.04. The first-order valence-electron chi connectivity index (χ1n) is 0.698. The van der Waals surface area contributed by atoms with E-state index in [4.69, 9.17) is 0 Å². The van der Waals surface area contributed by atoms with Crippen LogP contribution in [-0.2, 0) is 22.5 Å². The summed E-state index contributed by atoms with van der Waals surface area (Å²) in [5, 5.41) is 0. The molecule has 0 heterocycles. The van der Waals surface area contributed by atoms with Gasteiger partial charge in [-0.05, 0) is 11.8 Å². The van der Waals surface area contributed by atoms with Crippen LogP contribution < -0.4 is 0 Å². The quantitative estimate of drug-likeness (QED) is 0.373. The molecule has 0 spiro atoms. The van der Waals surface area contributed by atoms with Crippen molar-refractivity contribution in [1.82, 2.24) is 0 Å². The molecule has 0 aliphatic carbocycles. The number of hydrogen-bond donors (Lipinski definition) is 0. The van der Waals surface area contributed by atoms with E-state index in [9.17, 15) is 8.76 Å².